The Balaban J connectivity index is 1.99. The van der Waals surface area contributed by atoms with Crippen molar-refractivity contribution in [2.24, 2.45) is 0 Å². The van der Waals surface area contributed by atoms with Crippen LogP contribution in [-0.4, -0.2) is 14.8 Å². The maximum Gasteiger partial charge on any atom is 0.192 e. The predicted molar refractivity (Wildman–Crippen MR) is 85.0 cm³/mol. The van der Waals surface area contributed by atoms with Crippen molar-refractivity contribution in [2.45, 2.75) is 26.8 Å². The van der Waals surface area contributed by atoms with Gasteiger partial charge < -0.3 is 4.42 Å². The maximum atomic E-state index is 13.3. The largest absolute Gasteiger partial charge is 0.441 e. The first-order valence-corrected chi connectivity index (χ1v) is 7.79. The van der Waals surface area contributed by atoms with E-state index >= 15 is 0 Å². The zero-order valence-electron chi connectivity index (χ0n) is 12.3. The topological polar surface area (TPSA) is 43.9 Å². The van der Waals surface area contributed by atoms with E-state index in [-0.39, 0.29) is 5.82 Å². The Hall–Kier alpha value is -1.95. The molecule has 0 aliphatic heterocycles. The van der Waals surface area contributed by atoms with Crippen molar-refractivity contribution in [2.75, 3.05) is 0 Å². The molecule has 6 heteroatoms. The number of nitrogens with zero attached hydrogens (tertiary/aromatic N) is 3. The fourth-order valence-electron chi connectivity index (χ4n) is 2.34. The summed E-state index contributed by atoms with van der Waals surface area (Å²) in [7, 11) is 0. The van der Waals surface area contributed by atoms with Gasteiger partial charge in [0.05, 0.1) is 11.9 Å². The summed E-state index contributed by atoms with van der Waals surface area (Å²) < 4.78 is 21.5. The van der Waals surface area contributed by atoms with E-state index in [4.69, 9.17) is 4.42 Å². The molecule has 0 amide bonds. The summed E-state index contributed by atoms with van der Waals surface area (Å²) in [6.07, 6.45) is 4.45. The molecule has 0 aliphatic rings. The fourth-order valence-corrected chi connectivity index (χ4v) is 2.87. The molecule has 4 nitrogen and oxygen atoms in total. The number of hydrogen-bond acceptors (Lipinski definition) is 3. The van der Waals surface area contributed by atoms with E-state index in [0.29, 0.717) is 22.5 Å². The highest BCUT2D eigenvalue weighted by molar-refractivity contribution is 9.10. The highest BCUT2D eigenvalue weighted by atomic mass is 79.9. The second kappa shape index (κ2) is 6.04. The Labute approximate surface area is 136 Å². The van der Waals surface area contributed by atoms with E-state index in [1.165, 1.54) is 12.1 Å². The van der Waals surface area contributed by atoms with Gasteiger partial charge in [0.2, 0.25) is 0 Å². The molecule has 2 aromatic heterocycles. The van der Waals surface area contributed by atoms with Crippen molar-refractivity contribution >= 4 is 15.9 Å². The van der Waals surface area contributed by atoms with E-state index < -0.39 is 0 Å². The second-order valence-corrected chi connectivity index (χ2v) is 5.87. The van der Waals surface area contributed by atoms with Crippen molar-refractivity contribution in [3.05, 3.63) is 58.0 Å². The van der Waals surface area contributed by atoms with Crippen molar-refractivity contribution < 1.29 is 8.81 Å². The van der Waals surface area contributed by atoms with Gasteiger partial charge in [-0.1, -0.05) is 0 Å². The first-order valence-electron chi connectivity index (χ1n) is 7.00. The number of oxazole rings is 1. The van der Waals surface area contributed by atoms with E-state index in [0.717, 1.165) is 23.4 Å². The third-order valence-corrected chi connectivity index (χ3v) is 4.02. The summed E-state index contributed by atoms with van der Waals surface area (Å²) in [6.45, 7) is 4.67. The SMILES string of the molecule is CCn1cc(Cc2nc(C)oc2-c2ccc(F)cc2Br)cn1. The highest BCUT2D eigenvalue weighted by Crippen LogP contribution is 2.33. The van der Waals surface area contributed by atoms with Crippen LogP contribution in [0.2, 0.25) is 0 Å². The average molecular weight is 364 g/mol. The summed E-state index contributed by atoms with van der Waals surface area (Å²) in [4.78, 5) is 4.46. The van der Waals surface area contributed by atoms with E-state index in [1.807, 2.05) is 24.0 Å². The van der Waals surface area contributed by atoms with Crippen molar-refractivity contribution in [3.8, 4) is 11.3 Å². The van der Waals surface area contributed by atoms with Crippen LogP contribution in [0.3, 0.4) is 0 Å². The van der Waals surface area contributed by atoms with Crippen LogP contribution in [0.4, 0.5) is 4.39 Å². The first-order chi connectivity index (χ1) is 10.6. The zero-order valence-corrected chi connectivity index (χ0v) is 13.9. The number of aryl methyl sites for hydroxylation is 2. The molecule has 22 heavy (non-hydrogen) atoms. The third-order valence-electron chi connectivity index (χ3n) is 3.36. The molecule has 0 saturated carbocycles. The molecule has 3 aromatic rings. The van der Waals surface area contributed by atoms with Crippen LogP contribution >= 0.6 is 15.9 Å². The van der Waals surface area contributed by atoms with Gasteiger partial charge in [0.1, 0.15) is 5.82 Å². The van der Waals surface area contributed by atoms with Gasteiger partial charge >= 0.3 is 0 Å². The summed E-state index contributed by atoms with van der Waals surface area (Å²) in [5.41, 5.74) is 2.68. The van der Waals surface area contributed by atoms with E-state index in [9.17, 15) is 4.39 Å². The summed E-state index contributed by atoms with van der Waals surface area (Å²) in [5, 5.41) is 4.27. The van der Waals surface area contributed by atoms with Crippen molar-refractivity contribution in [3.63, 3.8) is 0 Å². The molecule has 0 atom stereocenters. The molecule has 1 aromatic carbocycles. The standard InChI is InChI=1S/C16H15BrFN3O/c1-3-21-9-11(8-19-21)6-15-16(22-10(2)20-15)13-5-4-12(18)7-14(13)17/h4-5,7-9H,3,6H2,1-2H3. The van der Waals surface area contributed by atoms with Gasteiger partial charge in [0.15, 0.2) is 11.7 Å². The van der Waals surface area contributed by atoms with Crippen molar-refractivity contribution in [1.82, 2.24) is 14.8 Å². The van der Waals surface area contributed by atoms with Gasteiger partial charge in [0.25, 0.3) is 0 Å². The van der Waals surface area contributed by atoms with Gasteiger partial charge in [-0.15, -0.1) is 0 Å². The van der Waals surface area contributed by atoms with Crippen LogP contribution in [0, 0.1) is 12.7 Å². The minimum atomic E-state index is -0.294. The van der Waals surface area contributed by atoms with Gasteiger partial charge in [-0.25, -0.2) is 9.37 Å². The van der Waals surface area contributed by atoms with Crippen LogP contribution in [0.1, 0.15) is 24.1 Å². The zero-order chi connectivity index (χ0) is 15.7. The van der Waals surface area contributed by atoms with Gasteiger partial charge in [-0.05, 0) is 46.6 Å². The quantitative estimate of drug-likeness (QED) is 0.691. The molecule has 0 bridgehead atoms. The Morgan fingerprint density at radius 1 is 1.36 bits per heavy atom. The molecule has 0 radical (unpaired) electrons. The third kappa shape index (κ3) is 2.97. The van der Waals surface area contributed by atoms with E-state index in [1.54, 1.807) is 13.0 Å². The molecule has 0 fully saturated rings. The first kappa shape index (κ1) is 15.0. The number of halogens is 2. The molecular weight excluding hydrogens is 349 g/mol. The maximum absolute atomic E-state index is 13.3. The highest BCUT2D eigenvalue weighted by Gasteiger charge is 2.17. The average Bonchev–Trinajstić information content (AvgIpc) is 3.06. The molecule has 0 N–H and O–H groups in total. The molecule has 0 spiro atoms. The van der Waals surface area contributed by atoms with Gasteiger partial charge in [-0.2, -0.15) is 5.10 Å². The Morgan fingerprint density at radius 2 is 2.18 bits per heavy atom. The normalized spacial score (nSPS) is 11.1. The molecule has 0 aliphatic carbocycles. The monoisotopic (exact) mass is 363 g/mol. The number of aromatic nitrogens is 3. The molecule has 3 rings (SSSR count). The van der Waals surface area contributed by atoms with Gasteiger partial charge in [0, 0.05) is 36.1 Å². The molecular formula is C16H15BrFN3O. The lowest BCUT2D eigenvalue weighted by molar-refractivity contribution is 0.533. The Kier molecular flexibility index (Phi) is 4.11. The fraction of sp³-hybridized carbons (Fsp3) is 0.250. The lowest BCUT2D eigenvalue weighted by Gasteiger charge is -2.03. The summed E-state index contributed by atoms with van der Waals surface area (Å²) in [6, 6.07) is 4.53. The second-order valence-electron chi connectivity index (χ2n) is 5.01. The van der Waals surface area contributed by atoms with Gasteiger partial charge in [-0.3, -0.25) is 4.68 Å². The predicted octanol–water partition coefficient (Wildman–Crippen LogP) is 4.36. The van der Waals surface area contributed by atoms with Crippen LogP contribution in [0.25, 0.3) is 11.3 Å². The lowest BCUT2D eigenvalue weighted by atomic mass is 10.1. The molecule has 0 unspecified atom stereocenters. The minimum Gasteiger partial charge on any atom is -0.441 e. The van der Waals surface area contributed by atoms with Crippen LogP contribution in [-0.2, 0) is 13.0 Å². The summed E-state index contributed by atoms with van der Waals surface area (Å²) in [5.74, 6) is 0.954. The summed E-state index contributed by atoms with van der Waals surface area (Å²) >= 11 is 3.38. The van der Waals surface area contributed by atoms with Crippen molar-refractivity contribution in [1.29, 1.82) is 0 Å². The molecule has 0 saturated heterocycles. The Bertz CT molecular complexity index is 810. The Morgan fingerprint density at radius 3 is 2.86 bits per heavy atom. The van der Waals surface area contributed by atoms with E-state index in [2.05, 4.69) is 26.0 Å². The molecule has 114 valence electrons. The number of benzene rings is 1. The number of rotatable bonds is 4. The number of hydrogen-bond donors (Lipinski definition) is 0. The van der Waals surface area contributed by atoms with Crippen LogP contribution < -0.4 is 0 Å². The molecule has 2 heterocycles. The lowest BCUT2D eigenvalue weighted by Crippen LogP contribution is -1.93. The van der Waals surface area contributed by atoms with Crippen LogP contribution in [0.5, 0.6) is 0 Å². The minimum absolute atomic E-state index is 0.294. The van der Waals surface area contributed by atoms with Crippen LogP contribution in [0.15, 0.2) is 39.5 Å². The smallest absolute Gasteiger partial charge is 0.192 e.